The Morgan fingerprint density at radius 2 is 1.17 bits per heavy atom. The first kappa shape index (κ1) is 33.1. The lowest BCUT2D eigenvalue weighted by Crippen LogP contribution is -2.49. The van der Waals surface area contributed by atoms with Crippen LogP contribution >= 0.6 is 11.6 Å². The van der Waals surface area contributed by atoms with Crippen LogP contribution in [0.15, 0.2) is 110 Å². The van der Waals surface area contributed by atoms with Gasteiger partial charge in [0.05, 0.1) is 13.1 Å². The summed E-state index contributed by atoms with van der Waals surface area (Å²) in [5.74, 6) is 0.809. The lowest BCUT2D eigenvalue weighted by molar-refractivity contribution is 0.366. The molecule has 6 rings (SSSR count). The molecule has 1 aliphatic carbocycles. The zero-order chi connectivity index (χ0) is 33.5. The highest BCUT2D eigenvalue weighted by atomic mass is 35.5. The van der Waals surface area contributed by atoms with Crippen LogP contribution in [-0.4, -0.2) is 14.7 Å². The van der Waals surface area contributed by atoms with Crippen molar-refractivity contribution < 1.29 is 4.74 Å². The molecule has 5 aromatic carbocycles. The quantitative estimate of drug-likeness (QED) is 0.113. The summed E-state index contributed by atoms with van der Waals surface area (Å²) in [6.07, 6.45) is 3.88. The monoisotopic (exact) mass is 654 g/mol. The van der Waals surface area contributed by atoms with E-state index in [2.05, 4.69) is 151 Å². The predicted octanol–water partition coefficient (Wildman–Crippen LogP) is 11.9. The van der Waals surface area contributed by atoms with Gasteiger partial charge in [-0.1, -0.05) is 163 Å². The lowest BCUT2D eigenvalue weighted by atomic mass is 9.87. The third kappa shape index (κ3) is 6.26. The Morgan fingerprint density at radius 3 is 1.60 bits per heavy atom. The molecule has 0 heterocycles. The van der Waals surface area contributed by atoms with E-state index in [1.165, 1.54) is 66.4 Å². The van der Waals surface area contributed by atoms with Crippen molar-refractivity contribution in [1.29, 1.82) is 0 Å². The van der Waals surface area contributed by atoms with Gasteiger partial charge in [-0.15, -0.1) is 0 Å². The van der Waals surface area contributed by atoms with Crippen molar-refractivity contribution in [3.63, 3.8) is 0 Å². The van der Waals surface area contributed by atoms with E-state index >= 15 is 0 Å². The number of benzene rings is 5. The zero-order valence-corrected chi connectivity index (χ0v) is 30.8. The average Bonchev–Trinajstić information content (AvgIpc) is 3.40. The van der Waals surface area contributed by atoms with Crippen molar-refractivity contribution in [3.8, 4) is 39.1 Å². The summed E-state index contributed by atoms with van der Waals surface area (Å²) in [6, 6.07) is 36.8. The van der Waals surface area contributed by atoms with Gasteiger partial charge in [0.25, 0.3) is 0 Å². The highest BCUT2D eigenvalue weighted by molar-refractivity contribution is 6.92. The second kappa shape index (κ2) is 13.0. The van der Waals surface area contributed by atoms with E-state index in [0.29, 0.717) is 11.6 Å². The molecule has 0 fully saturated rings. The van der Waals surface area contributed by atoms with Crippen molar-refractivity contribution >= 4 is 24.9 Å². The molecule has 0 spiro atoms. The fourth-order valence-corrected chi connectivity index (χ4v) is 11.2. The molecule has 0 atom stereocenters. The van der Waals surface area contributed by atoms with Gasteiger partial charge in [-0.3, -0.25) is 0 Å². The highest BCUT2D eigenvalue weighted by Gasteiger charge is 2.44. The number of ether oxygens (including phenoxy) is 1. The van der Waals surface area contributed by atoms with Crippen molar-refractivity contribution in [2.24, 2.45) is 0 Å². The summed E-state index contributed by atoms with van der Waals surface area (Å²) in [5, 5.41) is 1.94. The van der Waals surface area contributed by atoms with Crippen LogP contribution in [0, 0.1) is 0 Å². The molecule has 0 amide bonds. The van der Waals surface area contributed by atoms with Crippen LogP contribution in [0.1, 0.15) is 68.0 Å². The fraction of sp³-hybridized carbons (Fsp3) is 0.273. The highest BCUT2D eigenvalue weighted by Crippen LogP contribution is 2.52. The molecular weight excluding hydrogens is 608 g/mol. The molecule has 1 aliphatic rings. The molecule has 47 heavy (non-hydrogen) atoms. The number of hydrogen-bond donors (Lipinski definition) is 0. The van der Waals surface area contributed by atoms with Crippen molar-refractivity contribution in [3.05, 3.63) is 143 Å². The number of rotatable bonds is 9. The molecule has 0 N–H and O–H groups in total. The van der Waals surface area contributed by atoms with E-state index in [-0.39, 0.29) is 11.0 Å². The molecule has 0 radical (unpaired) electrons. The molecule has 0 saturated carbocycles. The van der Waals surface area contributed by atoms with Gasteiger partial charge in [-0.2, -0.15) is 0 Å². The van der Waals surface area contributed by atoms with E-state index in [1.807, 2.05) is 0 Å². The maximum Gasteiger partial charge on any atom is 0.137 e. The van der Waals surface area contributed by atoms with Crippen LogP contribution in [0.5, 0.6) is 5.75 Å². The minimum absolute atomic E-state index is 0.0546. The van der Waals surface area contributed by atoms with Crippen LogP contribution < -0.4 is 9.92 Å². The van der Waals surface area contributed by atoms with Crippen LogP contribution in [0.4, 0.5) is 0 Å². The minimum Gasteiger partial charge on any atom is -0.488 e. The second-order valence-corrected chi connectivity index (χ2v) is 19.5. The predicted molar refractivity (Wildman–Crippen MR) is 206 cm³/mol. The Labute approximate surface area is 288 Å². The molecule has 1 nitrogen and oxygen atoms in total. The molecule has 0 aliphatic heterocycles. The summed E-state index contributed by atoms with van der Waals surface area (Å²) in [7, 11) is -2.41. The Bertz CT molecular complexity index is 1830. The van der Waals surface area contributed by atoms with Gasteiger partial charge in [0.15, 0.2) is 0 Å². The SMILES string of the molecule is C=CCOc1c(Cl)cc(C(C)(C)C)cc1[Si](C)(C)C1c2cc(-c3ccc(CC)cc3)ccc2-c2ccc(-c3ccc(CC)cc3)cc21. The van der Waals surface area contributed by atoms with Crippen LogP contribution in [0.2, 0.25) is 18.1 Å². The molecule has 0 unspecified atom stereocenters. The molecule has 0 bridgehead atoms. The van der Waals surface area contributed by atoms with E-state index < -0.39 is 8.07 Å². The number of aryl methyl sites for hydroxylation is 2. The van der Waals surface area contributed by atoms with Crippen molar-refractivity contribution in [2.45, 2.75) is 71.5 Å². The lowest BCUT2D eigenvalue weighted by Gasteiger charge is -2.35. The summed E-state index contributed by atoms with van der Waals surface area (Å²) in [6.45, 7) is 20.5. The average molecular weight is 655 g/mol. The van der Waals surface area contributed by atoms with Crippen molar-refractivity contribution in [1.82, 2.24) is 0 Å². The summed E-state index contributed by atoms with van der Waals surface area (Å²) in [5.41, 5.74) is 14.6. The first-order chi connectivity index (χ1) is 22.5. The van der Waals surface area contributed by atoms with Gasteiger partial charge in [0, 0.05) is 5.54 Å². The third-order valence-electron chi connectivity index (χ3n) is 10.1. The van der Waals surface area contributed by atoms with E-state index in [4.69, 9.17) is 16.3 Å². The van der Waals surface area contributed by atoms with Gasteiger partial charge in [-0.25, -0.2) is 0 Å². The smallest absolute Gasteiger partial charge is 0.137 e. The molecule has 5 aromatic rings. The summed E-state index contributed by atoms with van der Waals surface area (Å²) < 4.78 is 6.42. The molecule has 0 aromatic heterocycles. The normalized spacial score (nSPS) is 12.9. The van der Waals surface area contributed by atoms with Gasteiger partial charge in [0.1, 0.15) is 12.4 Å². The fourth-order valence-electron chi connectivity index (χ4n) is 7.21. The number of fused-ring (bicyclic) bond motifs is 3. The first-order valence-corrected chi connectivity index (χ1v) is 20.5. The third-order valence-corrected chi connectivity index (χ3v) is 14.2. The van der Waals surface area contributed by atoms with Crippen LogP contribution in [0.25, 0.3) is 33.4 Å². The molecule has 240 valence electrons. The Balaban J connectivity index is 1.58. The molecule has 3 heteroatoms. The number of halogens is 1. The summed E-state index contributed by atoms with van der Waals surface area (Å²) >= 11 is 7.11. The van der Waals surface area contributed by atoms with Crippen LogP contribution in [-0.2, 0) is 18.3 Å². The van der Waals surface area contributed by atoms with Gasteiger partial charge >= 0.3 is 0 Å². The Kier molecular flexibility index (Phi) is 9.13. The van der Waals surface area contributed by atoms with Crippen molar-refractivity contribution in [2.75, 3.05) is 6.61 Å². The van der Waals surface area contributed by atoms with Gasteiger partial charge < -0.3 is 4.74 Å². The number of hydrogen-bond acceptors (Lipinski definition) is 1. The van der Waals surface area contributed by atoms with E-state index in [0.717, 1.165) is 18.6 Å². The van der Waals surface area contributed by atoms with Gasteiger partial charge in [-0.05, 0) is 90.7 Å². The molecular formula is C44H47ClOSi. The summed E-state index contributed by atoms with van der Waals surface area (Å²) in [4.78, 5) is 0. The van der Waals surface area contributed by atoms with Gasteiger partial charge in [0.2, 0.25) is 0 Å². The Morgan fingerprint density at radius 1 is 0.702 bits per heavy atom. The minimum atomic E-state index is -2.41. The maximum absolute atomic E-state index is 7.11. The molecule has 0 saturated heterocycles. The second-order valence-electron chi connectivity index (χ2n) is 14.5. The first-order valence-electron chi connectivity index (χ1n) is 17.0. The standard InChI is InChI=1S/C44H47ClOSi/c1-9-24-46-42-40(45)27-35(44(4,5)6)28-41(42)47(7,8)43-38-25-33(31-16-12-29(10-2)13-17-31)20-22-36(38)37-23-21-34(26-39(37)43)32-18-14-30(11-3)15-19-32/h9,12-23,25-28,43H,1,10-11,24H2,2-8H3. The maximum atomic E-state index is 7.11. The topological polar surface area (TPSA) is 9.23 Å². The van der Waals surface area contributed by atoms with E-state index in [9.17, 15) is 0 Å². The van der Waals surface area contributed by atoms with E-state index in [1.54, 1.807) is 6.08 Å². The zero-order valence-electron chi connectivity index (χ0n) is 29.0. The van der Waals surface area contributed by atoms with Crippen LogP contribution in [0.3, 0.4) is 0 Å². The largest absolute Gasteiger partial charge is 0.488 e. The Hall–Kier alpha value is -3.85.